The van der Waals surface area contributed by atoms with Crippen molar-refractivity contribution in [1.82, 2.24) is 0 Å². The van der Waals surface area contributed by atoms with E-state index in [0.717, 1.165) is 18.5 Å². The Hall–Kier alpha value is -1.97. The number of hydrogen-bond acceptors (Lipinski definition) is 4. The lowest BCUT2D eigenvalue weighted by Gasteiger charge is -2.10. The molecule has 0 atom stereocenters. The highest BCUT2D eigenvalue weighted by Crippen LogP contribution is 2.08. The Morgan fingerprint density at radius 2 is 1.95 bits per heavy atom. The van der Waals surface area contributed by atoms with Gasteiger partial charge in [-0.3, -0.25) is 0 Å². The second-order valence-corrected chi connectivity index (χ2v) is 3.94. The van der Waals surface area contributed by atoms with Gasteiger partial charge in [0.1, 0.15) is 0 Å². The van der Waals surface area contributed by atoms with Crippen LogP contribution in [0.5, 0.6) is 0 Å². The number of anilines is 1. The minimum atomic E-state index is -0.443. The van der Waals surface area contributed by atoms with Crippen molar-refractivity contribution in [3.05, 3.63) is 42.3 Å². The van der Waals surface area contributed by atoms with Crippen molar-refractivity contribution in [2.45, 2.75) is 26.7 Å². The van der Waals surface area contributed by atoms with E-state index in [4.69, 9.17) is 9.47 Å². The van der Waals surface area contributed by atoms with Gasteiger partial charge < -0.3 is 14.8 Å². The maximum absolute atomic E-state index is 11.7. The third-order valence-corrected chi connectivity index (χ3v) is 2.38. The molecule has 0 saturated carbocycles. The van der Waals surface area contributed by atoms with Crippen LogP contribution in [0.4, 0.5) is 5.69 Å². The molecular formula is C15H21NO3. The van der Waals surface area contributed by atoms with Gasteiger partial charge in [0, 0.05) is 5.69 Å². The zero-order valence-corrected chi connectivity index (χ0v) is 11.5. The van der Waals surface area contributed by atoms with Crippen molar-refractivity contribution >= 4 is 11.7 Å². The van der Waals surface area contributed by atoms with Gasteiger partial charge in [0.05, 0.1) is 19.4 Å². The average molecular weight is 263 g/mol. The summed E-state index contributed by atoms with van der Waals surface area (Å²) in [5.74, 6) is -0.235. The molecule has 0 radical (unpaired) electrons. The van der Waals surface area contributed by atoms with E-state index in [0.29, 0.717) is 13.2 Å². The molecule has 0 bridgehead atoms. The number of unbranched alkanes of at least 4 members (excludes halogenated alkanes) is 1. The molecule has 4 heteroatoms. The lowest BCUT2D eigenvalue weighted by molar-refractivity contribution is -0.142. The first-order valence-corrected chi connectivity index (χ1v) is 6.59. The van der Waals surface area contributed by atoms with E-state index >= 15 is 0 Å². The Kier molecular flexibility index (Phi) is 7.17. The van der Waals surface area contributed by atoms with Crippen LogP contribution in [-0.4, -0.2) is 19.2 Å². The predicted molar refractivity (Wildman–Crippen MR) is 75.6 cm³/mol. The highest BCUT2D eigenvalue weighted by molar-refractivity contribution is 5.86. The second kappa shape index (κ2) is 9.03. The Labute approximate surface area is 114 Å². The highest BCUT2D eigenvalue weighted by Gasteiger charge is 2.11. The van der Waals surface area contributed by atoms with Gasteiger partial charge >= 0.3 is 5.97 Å². The molecule has 0 fully saturated rings. The summed E-state index contributed by atoms with van der Waals surface area (Å²) in [4.78, 5) is 11.7. The fourth-order valence-electron chi connectivity index (χ4n) is 1.37. The fraction of sp³-hybridized carbons (Fsp3) is 0.400. The molecular weight excluding hydrogens is 242 g/mol. The lowest BCUT2D eigenvalue weighted by atomic mass is 10.3. The Bertz CT molecular complexity index is 401. The first-order valence-electron chi connectivity index (χ1n) is 6.59. The second-order valence-electron chi connectivity index (χ2n) is 3.94. The number of para-hydroxylation sites is 1. The first-order chi connectivity index (χ1) is 9.27. The first kappa shape index (κ1) is 15.1. The summed E-state index contributed by atoms with van der Waals surface area (Å²) in [6.07, 6.45) is 3.47. The zero-order chi connectivity index (χ0) is 13.9. The van der Waals surface area contributed by atoms with Crippen molar-refractivity contribution in [3.63, 3.8) is 0 Å². The number of ether oxygens (including phenoxy) is 2. The maximum Gasteiger partial charge on any atom is 0.375 e. The topological polar surface area (TPSA) is 47.6 Å². The van der Waals surface area contributed by atoms with Crippen LogP contribution in [0.2, 0.25) is 0 Å². The van der Waals surface area contributed by atoms with Crippen LogP contribution in [0, 0.1) is 0 Å². The summed E-state index contributed by atoms with van der Waals surface area (Å²) in [5, 5.41) is 3.02. The van der Waals surface area contributed by atoms with Gasteiger partial charge in [-0.2, -0.15) is 0 Å². The van der Waals surface area contributed by atoms with Crippen LogP contribution in [0.25, 0.3) is 0 Å². The van der Waals surface area contributed by atoms with Gasteiger partial charge in [-0.25, -0.2) is 4.79 Å². The number of hydrogen-bond donors (Lipinski definition) is 1. The van der Waals surface area contributed by atoms with Crippen molar-refractivity contribution in [2.75, 3.05) is 18.5 Å². The third-order valence-electron chi connectivity index (χ3n) is 2.38. The summed E-state index contributed by atoms with van der Waals surface area (Å²) in [6.45, 7) is 4.68. The summed E-state index contributed by atoms with van der Waals surface area (Å²) < 4.78 is 10.4. The molecule has 1 N–H and O–H groups in total. The molecule has 0 aliphatic heterocycles. The molecule has 0 amide bonds. The van der Waals surface area contributed by atoms with E-state index in [-0.39, 0.29) is 5.76 Å². The zero-order valence-electron chi connectivity index (χ0n) is 11.5. The molecule has 0 aromatic heterocycles. The van der Waals surface area contributed by atoms with E-state index in [1.807, 2.05) is 30.3 Å². The molecule has 0 heterocycles. The summed E-state index contributed by atoms with van der Waals surface area (Å²) in [6, 6.07) is 9.58. The fourth-order valence-corrected chi connectivity index (χ4v) is 1.37. The Morgan fingerprint density at radius 3 is 2.58 bits per heavy atom. The van der Waals surface area contributed by atoms with E-state index in [1.165, 1.54) is 0 Å². The van der Waals surface area contributed by atoms with E-state index in [9.17, 15) is 4.79 Å². The number of rotatable bonds is 8. The Balaban J connectivity index is 2.63. The molecule has 1 rings (SSSR count). The molecule has 4 nitrogen and oxygen atoms in total. The summed E-state index contributed by atoms with van der Waals surface area (Å²) >= 11 is 0. The standard InChI is InChI=1S/C15H21NO3/c1-3-5-11-19-14(15(17)18-4-2)12-16-13-9-7-6-8-10-13/h6-10,12,16H,3-5,11H2,1-2H3/b14-12-. The molecule has 104 valence electrons. The van der Waals surface area contributed by atoms with E-state index < -0.39 is 5.97 Å². The molecule has 0 unspecified atom stereocenters. The molecule has 0 aliphatic rings. The molecule has 1 aromatic carbocycles. The van der Waals surface area contributed by atoms with Gasteiger partial charge in [0.2, 0.25) is 5.76 Å². The van der Waals surface area contributed by atoms with Crippen LogP contribution in [0.1, 0.15) is 26.7 Å². The third kappa shape index (κ3) is 5.95. The SMILES string of the molecule is CCCCO/C(=C\Nc1ccccc1)C(=O)OCC. The molecule has 0 spiro atoms. The lowest BCUT2D eigenvalue weighted by Crippen LogP contribution is -2.12. The number of carbonyl (C=O) groups is 1. The number of nitrogens with one attached hydrogen (secondary N) is 1. The quantitative estimate of drug-likeness (QED) is 0.338. The normalized spacial score (nSPS) is 10.9. The monoisotopic (exact) mass is 263 g/mol. The van der Waals surface area contributed by atoms with Crippen LogP contribution < -0.4 is 5.32 Å². The molecule has 1 aromatic rings. The van der Waals surface area contributed by atoms with E-state index in [2.05, 4.69) is 12.2 Å². The highest BCUT2D eigenvalue weighted by atomic mass is 16.6. The number of carbonyl (C=O) groups excluding carboxylic acids is 1. The number of esters is 1. The van der Waals surface area contributed by atoms with Gasteiger partial charge in [-0.05, 0) is 25.5 Å². The van der Waals surface area contributed by atoms with Crippen molar-refractivity contribution in [1.29, 1.82) is 0 Å². The average Bonchev–Trinajstić information content (AvgIpc) is 2.44. The van der Waals surface area contributed by atoms with Crippen LogP contribution >= 0.6 is 0 Å². The molecule has 0 saturated heterocycles. The van der Waals surface area contributed by atoms with Crippen LogP contribution in [-0.2, 0) is 14.3 Å². The summed E-state index contributed by atoms with van der Waals surface area (Å²) in [7, 11) is 0. The largest absolute Gasteiger partial charge is 0.486 e. The van der Waals surface area contributed by atoms with Gasteiger partial charge in [-0.1, -0.05) is 31.5 Å². The van der Waals surface area contributed by atoms with Crippen LogP contribution in [0.3, 0.4) is 0 Å². The van der Waals surface area contributed by atoms with Gasteiger partial charge in [0.25, 0.3) is 0 Å². The van der Waals surface area contributed by atoms with Crippen molar-refractivity contribution in [2.24, 2.45) is 0 Å². The number of benzene rings is 1. The molecule has 19 heavy (non-hydrogen) atoms. The van der Waals surface area contributed by atoms with Gasteiger partial charge in [0.15, 0.2) is 0 Å². The van der Waals surface area contributed by atoms with Crippen molar-refractivity contribution in [3.8, 4) is 0 Å². The maximum atomic E-state index is 11.7. The van der Waals surface area contributed by atoms with E-state index in [1.54, 1.807) is 13.1 Å². The Morgan fingerprint density at radius 1 is 1.21 bits per heavy atom. The molecule has 0 aliphatic carbocycles. The van der Waals surface area contributed by atoms with Gasteiger partial charge in [-0.15, -0.1) is 0 Å². The van der Waals surface area contributed by atoms with Crippen molar-refractivity contribution < 1.29 is 14.3 Å². The smallest absolute Gasteiger partial charge is 0.375 e. The van der Waals surface area contributed by atoms with Crippen LogP contribution in [0.15, 0.2) is 42.3 Å². The summed E-state index contributed by atoms with van der Waals surface area (Å²) in [5.41, 5.74) is 0.892. The predicted octanol–water partition coefficient (Wildman–Crippen LogP) is 3.32. The minimum Gasteiger partial charge on any atom is -0.486 e. The minimum absolute atomic E-state index is 0.208.